The molecule has 1 atom stereocenters. The number of nitrogens with zero attached hydrogens (tertiary/aromatic N) is 4. The van der Waals surface area contributed by atoms with Crippen molar-refractivity contribution in [2.45, 2.75) is 56.5 Å². The summed E-state index contributed by atoms with van der Waals surface area (Å²) in [6.45, 7) is 2.27. The standard InChI is InChI=1S/C21H31N5/c1-22-19(16-8-4-3-5-9-16)21-23-20(17-10-6-7-11-17)24-26(21)18-12-14-25(2)15-13-18/h3-5,8-9,17-19,22H,6-7,10-15H2,1-2H3. The van der Waals surface area contributed by atoms with Crippen molar-refractivity contribution in [3.63, 3.8) is 0 Å². The monoisotopic (exact) mass is 353 g/mol. The molecule has 1 saturated heterocycles. The Morgan fingerprint density at radius 1 is 1.04 bits per heavy atom. The van der Waals surface area contributed by atoms with Crippen LogP contribution in [0.1, 0.15) is 73.7 Å². The minimum Gasteiger partial charge on any atom is -0.307 e. The molecule has 1 aliphatic heterocycles. The predicted octanol–water partition coefficient (Wildman–Crippen LogP) is 3.51. The lowest BCUT2D eigenvalue weighted by Crippen LogP contribution is -2.33. The number of hydrogen-bond donors (Lipinski definition) is 1. The molecule has 140 valence electrons. The average molecular weight is 354 g/mol. The second-order valence-corrected chi connectivity index (χ2v) is 7.92. The highest BCUT2D eigenvalue weighted by Crippen LogP contribution is 2.35. The summed E-state index contributed by atoms with van der Waals surface area (Å²) in [5.41, 5.74) is 1.26. The van der Waals surface area contributed by atoms with Crippen LogP contribution < -0.4 is 5.32 Å². The average Bonchev–Trinajstić information content (AvgIpc) is 3.34. The van der Waals surface area contributed by atoms with Crippen LogP contribution in [0.5, 0.6) is 0 Å². The zero-order chi connectivity index (χ0) is 17.9. The molecule has 0 amide bonds. The molecule has 1 aromatic carbocycles. The summed E-state index contributed by atoms with van der Waals surface area (Å²) in [5.74, 6) is 2.72. The number of benzene rings is 1. The first-order chi connectivity index (χ1) is 12.8. The SMILES string of the molecule is CNC(c1ccccc1)c1nc(C2CCCC2)nn1C1CCN(C)CC1. The Bertz CT molecular complexity index is 696. The fourth-order valence-electron chi connectivity index (χ4n) is 4.50. The van der Waals surface area contributed by atoms with Crippen molar-refractivity contribution >= 4 is 0 Å². The largest absolute Gasteiger partial charge is 0.307 e. The molecule has 2 aromatic rings. The first kappa shape index (κ1) is 17.7. The van der Waals surface area contributed by atoms with Crippen LogP contribution in [-0.4, -0.2) is 46.8 Å². The summed E-state index contributed by atoms with van der Waals surface area (Å²) < 4.78 is 2.27. The van der Waals surface area contributed by atoms with Crippen molar-refractivity contribution in [1.82, 2.24) is 25.0 Å². The van der Waals surface area contributed by atoms with Gasteiger partial charge in [-0.1, -0.05) is 43.2 Å². The molecule has 26 heavy (non-hydrogen) atoms. The summed E-state index contributed by atoms with van der Waals surface area (Å²) in [7, 11) is 4.24. The second-order valence-electron chi connectivity index (χ2n) is 7.92. The summed E-state index contributed by atoms with van der Waals surface area (Å²) >= 11 is 0. The van der Waals surface area contributed by atoms with Gasteiger partial charge < -0.3 is 10.2 Å². The molecule has 0 radical (unpaired) electrons. The Labute approximate surface area is 156 Å². The van der Waals surface area contributed by atoms with Gasteiger partial charge in [-0.3, -0.25) is 0 Å². The summed E-state index contributed by atoms with van der Waals surface area (Å²) in [5, 5.41) is 8.58. The minimum atomic E-state index is 0.0958. The number of aromatic nitrogens is 3. The quantitative estimate of drug-likeness (QED) is 0.893. The Kier molecular flexibility index (Phi) is 5.36. The van der Waals surface area contributed by atoms with Crippen LogP contribution in [0.25, 0.3) is 0 Å². The molecule has 1 unspecified atom stereocenters. The van der Waals surface area contributed by atoms with Crippen LogP contribution in [-0.2, 0) is 0 Å². The number of rotatable bonds is 5. The van der Waals surface area contributed by atoms with Gasteiger partial charge in [-0.2, -0.15) is 5.10 Å². The molecule has 0 bridgehead atoms. The van der Waals surface area contributed by atoms with Crippen LogP contribution in [0, 0.1) is 0 Å². The molecule has 1 aliphatic carbocycles. The maximum absolute atomic E-state index is 5.11. The summed E-state index contributed by atoms with van der Waals surface area (Å²) in [6, 6.07) is 11.2. The van der Waals surface area contributed by atoms with Gasteiger partial charge in [0.25, 0.3) is 0 Å². The van der Waals surface area contributed by atoms with Gasteiger partial charge in [0.2, 0.25) is 0 Å². The van der Waals surface area contributed by atoms with E-state index in [1.807, 2.05) is 7.05 Å². The minimum absolute atomic E-state index is 0.0958. The van der Waals surface area contributed by atoms with E-state index in [0.29, 0.717) is 12.0 Å². The van der Waals surface area contributed by atoms with Crippen LogP contribution >= 0.6 is 0 Å². The molecule has 1 N–H and O–H groups in total. The third-order valence-electron chi connectivity index (χ3n) is 6.11. The molecule has 0 spiro atoms. The third kappa shape index (κ3) is 3.55. The number of likely N-dealkylation sites (tertiary alicyclic amines) is 1. The van der Waals surface area contributed by atoms with Gasteiger partial charge in [0, 0.05) is 5.92 Å². The molecular weight excluding hydrogens is 322 g/mol. The number of nitrogens with one attached hydrogen (secondary N) is 1. The Morgan fingerprint density at radius 3 is 2.38 bits per heavy atom. The first-order valence-corrected chi connectivity index (χ1v) is 10.1. The molecule has 2 heterocycles. The van der Waals surface area contributed by atoms with Crippen molar-refractivity contribution < 1.29 is 0 Å². The molecular formula is C21H31N5. The number of hydrogen-bond acceptors (Lipinski definition) is 4. The zero-order valence-corrected chi connectivity index (χ0v) is 16.1. The Morgan fingerprint density at radius 2 is 1.73 bits per heavy atom. The van der Waals surface area contributed by atoms with Gasteiger partial charge in [0.15, 0.2) is 5.82 Å². The lowest BCUT2D eigenvalue weighted by molar-refractivity contribution is 0.207. The highest BCUT2D eigenvalue weighted by Gasteiger charge is 2.30. The highest BCUT2D eigenvalue weighted by molar-refractivity contribution is 5.25. The van der Waals surface area contributed by atoms with E-state index >= 15 is 0 Å². The predicted molar refractivity (Wildman–Crippen MR) is 104 cm³/mol. The smallest absolute Gasteiger partial charge is 0.154 e. The van der Waals surface area contributed by atoms with E-state index in [-0.39, 0.29) is 6.04 Å². The van der Waals surface area contributed by atoms with Gasteiger partial charge in [0.05, 0.1) is 12.1 Å². The fraction of sp³-hybridized carbons (Fsp3) is 0.619. The lowest BCUT2D eigenvalue weighted by atomic mass is 10.0. The van der Waals surface area contributed by atoms with Gasteiger partial charge in [0.1, 0.15) is 5.82 Å². The van der Waals surface area contributed by atoms with E-state index in [9.17, 15) is 0 Å². The van der Waals surface area contributed by atoms with Crippen molar-refractivity contribution in [1.29, 1.82) is 0 Å². The highest BCUT2D eigenvalue weighted by atomic mass is 15.4. The van der Waals surface area contributed by atoms with Gasteiger partial charge in [-0.05, 0) is 58.4 Å². The lowest BCUT2D eigenvalue weighted by Gasteiger charge is -2.30. The van der Waals surface area contributed by atoms with E-state index in [2.05, 4.69) is 52.3 Å². The number of piperidine rings is 1. The normalized spacial score (nSPS) is 21.3. The van der Waals surface area contributed by atoms with Crippen LogP contribution in [0.15, 0.2) is 30.3 Å². The van der Waals surface area contributed by atoms with E-state index in [4.69, 9.17) is 10.1 Å². The van der Waals surface area contributed by atoms with Gasteiger partial charge in [-0.15, -0.1) is 0 Å². The summed E-state index contributed by atoms with van der Waals surface area (Å²) in [6.07, 6.45) is 7.43. The van der Waals surface area contributed by atoms with Gasteiger partial charge >= 0.3 is 0 Å². The maximum atomic E-state index is 5.11. The first-order valence-electron chi connectivity index (χ1n) is 10.1. The van der Waals surface area contributed by atoms with E-state index < -0.39 is 0 Å². The van der Waals surface area contributed by atoms with Crippen molar-refractivity contribution in [3.8, 4) is 0 Å². The molecule has 2 fully saturated rings. The zero-order valence-electron chi connectivity index (χ0n) is 16.1. The Hall–Kier alpha value is -1.72. The van der Waals surface area contributed by atoms with Crippen LogP contribution in [0.2, 0.25) is 0 Å². The molecule has 1 saturated carbocycles. The van der Waals surface area contributed by atoms with Crippen molar-refractivity contribution in [2.75, 3.05) is 27.2 Å². The molecule has 1 aromatic heterocycles. The third-order valence-corrected chi connectivity index (χ3v) is 6.11. The van der Waals surface area contributed by atoms with Gasteiger partial charge in [-0.25, -0.2) is 9.67 Å². The molecule has 5 heteroatoms. The molecule has 2 aliphatic rings. The van der Waals surface area contributed by atoms with Crippen LogP contribution in [0.3, 0.4) is 0 Å². The molecule has 5 nitrogen and oxygen atoms in total. The molecule has 4 rings (SSSR count). The topological polar surface area (TPSA) is 46.0 Å². The summed E-state index contributed by atoms with van der Waals surface area (Å²) in [4.78, 5) is 7.52. The van der Waals surface area contributed by atoms with E-state index in [1.54, 1.807) is 0 Å². The maximum Gasteiger partial charge on any atom is 0.154 e. The van der Waals surface area contributed by atoms with Crippen LogP contribution in [0.4, 0.5) is 0 Å². The van der Waals surface area contributed by atoms with E-state index in [1.165, 1.54) is 31.2 Å². The van der Waals surface area contributed by atoms with Crippen molar-refractivity contribution in [2.24, 2.45) is 0 Å². The van der Waals surface area contributed by atoms with Crippen molar-refractivity contribution in [3.05, 3.63) is 47.5 Å². The van der Waals surface area contributed by atoms with E-state index in [0.717, 1.165) is 37.6 Å². The Balaban J connectivity index is 1.70. The fourth-order valence-corrected chi connectivity index (χ4v) is 4.50. The second kappa shape index (κ2) is 7.89.